The molecule has 0 radical (unpaired) electrons. The van der Waals surface area contributed by atoms with E-state index in [4.69, 9.17) is 4.74 Å². The van der Waals surface area contributed by atoms with Gasteiger partial charge in [-0.3, -0.25) is 14.6 Å². The summed E-state index contributed by atoms with van der Waals surface area (Å²) in [5, 5.41) is 0. The van der Waals surface area contributed by atoms with Gasteiger partial charge in [-0.2, -0.15) is 0 Å². The Morgan fingerprint density at radius 1 is 1.00 bits per heavy atom. The van der Waals surface area contributed by atoms with Crippen molar-refractivity contribution < 1.29 is 18.7 Å². The first kappa shape index (κ1) is 26.3. The number of hydrogen-bond donors (Lipinski definition) is 0. The number of ketones is 1. The zero-order valence-corrected chi connectivity index (χ0v) is 24.0. The minimum Gasteiger partial charge on any atom is -0.453 e. The van der Waals surface area contributed by atoms with E-state index in [0.29, 0.717) is 37.2 Å². The second-order valence-corrected chi connectivity index (χ2v) is 12.0. The Morgan fingerprint density at radius 2 is 1.81 bits per heavy atom. The van der Waals surface area contributed by atoms with Gasteiger partial charge in [-0.05, 0) is 48.7 Å². The number of halogens is 1. The number of para-hydroxylation sites is 2. The number of aryl methyl sites for hydroxylation is 1. The van der Waals surface area contributed by atoms with E-state index in [2.05, 4.69) is 14.9 Å². The summed E-state index contributed by atoms with van der Waals surface area (Å²) in [6.45, 7) is 1.22. The highest BCUT2D eigenvalue weighted by Crippen LogP contribution is 2.50. The van der Waals surface area contributed by atoms with Crippen molar-refractivity contribution in [3.05, 3.63) is 84.7 Å². The summed E-state index contributed by atoms with van der Waals surface area (Å²) in [4.78, 5) is 40.8. The second kappa shape index (κ2) is 10.1. The maximum atomic E-state index is 15.3. The van der Waals surface area contributed by atoms with Crippen LogP contribution >= 0.6 is 11.3 Å². The fourth-order valence-corrected chi connectivity index (χ4v) is 6.61. The van der Waals surface area contributed by atoms with Gasteiger partial charge < -0.3 is 19.1 Å². The molecular formula is C32H28FN5O3S. The lowest BCUT2D eigenvalue weighted by atomic mass is 9.92. The van der Waals surface area contributed by atoms with E-state index in [0.717, 1.165) is 32.2 Å². The lowest BCUT2D eigenvalue weighted by Crippen LogP contribution is -2.47. The van der Waals surface area contributed by atoms with E-state index >= 15 is 4.39 Å². The van der Waals surface area contributed by atoms with Crippen molar-refractivity contribution in [1.29, 1.82) is 0 Å². The van der Waals surface area contributed by atoms with Crippen LogP contribution in [0.15, 0.2) is 73.3 Å². The number of pyridine rings is 1. The Balaban J connectivity index is 1.08. The molecule has 0 N–H and O–H groups in total. The van der Waals surface area contributed by atoms with Gasteiger partial charge in [0.25, 0.3) is 0 Å². The number of rotatable bonds is 7. The molecule has 2 aliphatic rings. The molecule has 2 aromatic carbocycles. The molecule has 1 fully saturated rings. The van der Waals surface area contributed by atoms with E-state index in [1.165, 1.54) is 23.5 Å². The SMILES string of the molecule is CN1CCN(C(=O)C2(C(=O)Cc3ccc(Oc4ccnc5cc(-c6cn(C)cn6)sc45)c(F)c3)CC2)c2ccccc21. The van der Waals surface area contributed by atoms with Crippen LogP contribution in [0.5, 0.6) is 11.5 Å². The summed E-state index contributed by atoms with van der Waals surface area (Å²) in [5.74, 6) is -0.358. The number of benzene rings is 2. The van der Waals surface area contributed by atoms with Crippen molar-refractivity contribution in [2.45, 2.75) is 19.3 Å². The predicted octanol–water partition coefficient (Wildman–Crippen LogP) is 6.00. The number of amides is 1. The fraction of sp³-hybridized carbons (Fsp3) is 0.250. The summed E-state index contributed by atoms with van der Waals surface area (Å²) >= 11 is 1.48. The topological polar surface area (TPSA) is 80.6 Å². The van der Waals surface area contributed by atoms with Crippen LogP contribution in [0.3, 0.4) is 0 Å². The largest absolute Gasteiger partial charge is 0.453 e. The second-order valence-electron chi connectivity index (χ2n) is 11.0. The number of ether oxygens (including phenoxy) is 1. The summed E-state index contributed by atoms with van der Waals surface area (Å²) < 4.78 is 23.9. The Morgan fingerprint density at radius 3 is 2.55 bits per heavy atom. The van der Waals surface area contributed by atoms with Crippen molar-refractivity contribution in [2.24, 2.45) is 12.5 Å². The summed E-state index contributed by atoms with van der Waals surface area (Å²) in [6.07, 6.45) is 6.30. The average Bonchev–Trinajstić information content (AvgIpc) is 3.50. The van der Waals surface area contributed by atoms with Crippen molar-refractivity contribution >= 4 is 44.6 Å². The molecule has 212 valence electrons. The maximum absolute atomic E-state index is 15.3. The summed E-state index contributed by atoms with van der Waals surface area (Å²) in [7, 11) is 3.91. The fourth-order valence-electron chi connectivity index (χ4n) is 5.58. The number of hydrogen-bond acceptors (Lipinski definition) is 7. The van der Waals surface area contributed by atoms with Crippen molar-refractivity contribution in [3.63, 3.8) is 0 Å². The van der Waals surface area contributed by atoms with Gasteiger partial charge >= 0.3 is 0 Å². The third kappa shape index (κ3) is 4.52. The van der Waals surface area contributed by atoms with Gasteiger partial charge in [-0.25, -0.2) is 9.37 Å². The summed E-state index contributed by atoms with van der Waals surface area (Å²) in [6, 6.07) is 15.9. The number of nitrogens with zero attached hydrogens (tertiary/aromatic N) is 5. The molecule has 0 atom stereocenters. The van der Waals surface area contributed by atoms with Crippen LogP contribution in [0.2, 0.25) is 0 Å². The number of imidazole rings is 1. The lowest BCUT2D eigenvalue weighted by molar-refractivity contribution is -0.134. The normalized spacial score (nSPS) is 15.5. The highest BCUT2D eigenvalue weighted by atomic mass is 32.1. The molecule has 42 heavy (non-hydrogen) atoms. The van der Waals surface area contributed by atoms with Crippen LogP contribution in [-0.2, 0) is 23.1 Å². The first-order valence-electron chi connectivity index (χ1n) is 13.8. The van der Waals surface area contributed by atoms with Gasteiger partial charge in [0, 0.05) is 52.1 Å². The minimum atomic E-state index is -1.04. The highest BCUT2D eigenvalue weighted by molar-refractivity contribution is 7.22. The van der Waals surface area contributed by atoms with Gasteiger partial charge in [-0.1, -0.05) is 18.2 Å². The molecule has 0 bridgehead atoms. The van der Waals surface area contributed by atoms with Crippen LogP contribution < -0.4 is 14.5 Å². The molecule has 0 saturated heterocycles. The quantitative estimate of drug-likeness (QED) is 0.219. The molecule has 8 nitrogen and oxygen atoms in total. The van der Waals surface area contributed by atoms with Crippen LogP contribution in [0.4, 0.5) is 15.8 Å². The Kier molecular flexibility index (Phi) is 6.31. The Labute approximate surface area is 246 Å². The molecule has 0 unspecified atom stereocenters. The summed E-state index contributed by atoms with van der Waals surface area (Å²) in [5.41, 5.74) is 2.84. The van der Waals surface area contributed by atoms with Crippen LogP contribution in [0.25, 0.3) is 20.8 Å². The van der Waals surface area contributed by atoms with E-state index in [1.807, 2.05) is 55.2 Å². The number of carbonyl (C=O) groups excluding carboxylic acids is 2. The highest BCUT2D eigenvalue weighted by Gasteiger charge is 2.57. The predicted molar refractivity (Wildman–Crippen MR) is 161 cm³/mol. The third-order valence-electron chi connectivity index (χ3n) is 8.10. The zero-order valence-electron chi connectivity index (χ0n) is 23.2. The molecule has 3 aromatic heterocycles. The molecule has 0 spiro atoms. The van der Waals surface area contributed by atoms with Gasteiger partial charge in [0.05, 0.1) is 38.5 Å². The molecule has 1 saturated carbocycles. The lowest BCUT2D eigenvalue weighted by Gasteiger charge is -2.37. The van der Waals surface area contributed by atoms with Crippen molar-refractivity contribution in [3.8, 4) is 22.1 Å². The molecule has 1 aliphatic heterocycles. The number of Topliss-reactive ketones (excluding diaryl/α,β-unsaturated/α-hetero) is 1. The number of thiophene rings is 1. The first-order chi connectivity index (χ1) is 20.3. The molecule has 4 heterocycles. The average molecular weight is 582 g/mol. The minimum absolute atomic E-state index is 0.0177. The van der Waals surface area contributed by atoms with Crippen molar-refractivity contribution in [2.75, 3.05) is 29.9 Å². The number of anilines is 2. The smallest absolute Gasteiger partial charge is 0.240 e. The number of fused-ring (bicyclic) bond motifs is 2. The molecule has 1 aliphatic carbocycles. The molecular weight excluding hydrogens is 553 g/mol. The van der Waals surface area contributed by atoms with Crippen LogP contribution in [-0.4, -0.2) is 46.4 Å². The third-order valence-corrected chi connectivity index (χ3v) is 9.26. The number of carbonyl (C=O) groups is 2. The number of likely N-dealkylation sites (N-methyl/N-ethyl adjacent to an activating group) is 1. The van der Waals surface area contributed by atoms with Gasteiger partial charge in [0.2, 0.25) is 5.91 Å². The standard InChI is InChI=1S/C32H28FN5O3S/c1-36-18-23(35-19-36)28-17-22-30(42-28)27(9-12-34-22)41-26-8-7-20(15-21(26)33)16-29(39)32(10-11-32)31(40)38-14-13-37(2)24-5-3-4-6-25(24)38/h3-9,12,15,17-19H,10-11,13-14,16H2,1-2H3. The Bertz CT molecular complexity index is 1860. The van der Waals surface area contributed by atoms with Gasteiger partial charge in [0.1, 0.15) is 11.2 Å². The monoisotopic (exact) mass is 581 g/mol. The number of aromatic nitrogens is 3. The van der Waals surface area contributed by atoms with E-state index < -0.39 is 11.2 Å². The van der Waals surface area contributed by atoms with E-state index in [-0.39, 0.29) is 23.9 Å². The maximum Gasteiger partial charge on any atom is 0.240 e. The Hall–Kier alpha value is -4.57. The van der Waals surface area contributed by atoms with Crippen molar-refractivity contribution in [1.82, 2.24) is 14.5 Å². The molecule has 7 rings (SSSR count). The van der Waals surface area contributed by atoms with Gasteiger partial charge in [-0.15, -0.1) is 11.3 Å². The molecule has 5 aromatic rings. The van der Waals surface area contributed by atoms with E-state index in [1.54, 1.807) is 29.6 Å². The van der Waals surface area contributed by atoms with Gasteiger partial charge in [0.15, 0.2) is 17.3 Å². The van der Waals surface area contributed by atoms with Crippen LogP contribution in [0.1, 0.15) is 18.4 Å². The zero-order chi connectivity index (χ0) is 29.0. The molecule has 1 amide bonds. The van der Waals surface area contributed by atoms with E-state index in [9.17, 15) is 9.59 Å². The van der Waals surface area contributed by atoms with Crippen LogP contribution in [0, 0.1) is 11.2 Å². The molecule has 10 heteroatoms. The first-order valence-corrected chi connectivity index (χ1v) is 14.6.